The van der Waals surface area contributed by atoms with E-state index in [2.05, 4.69) is 5.32 Å². The van der Waals surface area contributed by atoms with Crippen molar-refractivity contribution in [2.45, 2.75) is 31.0 Å². The smallest absolute Gasteiger partial charge is 0.381 e. The minimum Gasteiger partial charge on any atom is -0.381 e. The normalized spacial score (nSPS) is 16.9. The van der Waals surface area contributed by atoms with Gasteiger partial charge < -0.3 is 10.1 Å². The zero-order valence-electron chi connectivity index (χ0n) is 14.2. The van der Waals surface area contributed by atoms with Crippen LogP contribution in [0, 0.1) is 0 Å². The monoisotopic (exact) mass is 363 g/mol. The molecule has 1 heterocycles. The molecule has 6 heteroatoms. The Morgan fingerprint density at radius 2 is 1.73 bits per heavy atom. The Morgan fingerprint density at radius 3 is 2.38 bits per heavy atom. The largest absolute Gasteiger partial charge is 0.416 e. The summed E-state index contributed by atoms with van der Waals surface area (Å²) in [4.78, 5) is 13.0. The van der Waals surface area contributed by atoms with E-state index >= 15 is 0 Å². The molecule has 138 valence electrons. The summed E-state index contributed by atoms with van der Waals surface area (Å²) in [6.07, 6.45) is -3.30. The van der Waals surface area contributed by atoms with Gasteiger partial charge in [-0.15, -0.1) is 0 Å². The van der Waals surface area contributed by atoms with E-state index in [1.165, 1.54) is 6.07 Å². The molecule has 1 fully saturated rings. The van der Waals surface area contributed by atoms with Gasteiger partial charge in [0.15, 0.2) is 0 Å². The number of alkyl halides is 3. The van der Waals surface area contributed by atoms with E-state index in [1.807, 2.05) is 30.3 Å². The third kappa shape index (κ3) is 3.90. The molecule has 0 spiro atoms. The van der Waals surface area contributed by atoms with Crippen LogP contribution in [0.15, 0.2) is 54.6 Å². The Labute approximate surface area is 150 Å². The zero-order chi connectivity index (χ0) is 18.6. The van der Waals surface area contributed by atoms with E-state index in [4.69, 9.17) is 4.74 Å². The molecule has 0 saturated carbocycles. The van der Waals surface area contributed by atoms with Crippen molar-refractivity contribution in [3.05, 3.63) is 71.3 Å². The maximum Gasteiger partial charge on any atom is 0.416 e. The van der Waals surface area contributed by atoms with Crippen LogP contribution in [-0.4, -0.2) is 19.1 Å². The minimum absolute atomic E-state index is 0.0538. The van der Waals surface area contributed by atoms with Gasteiger partial charge in [-0.3, -0.25) is 4.79 Å². The van der Waals surface area contributed by atoms with Crippen molar-refractivity contribution < 1.29 is 22.7 Å². The lowest BCUT2D eigenvalue weighted by Crippen LogP contribution is -2.47. The molecule has 0 radical (unpaired) electrons. The van der Waals surface area contributed by atoms with Crippen molar-refractivity contribution in [2.75, 3.05) is 13.2 Å². The second kappa shape index (κ2) is 7.50. The zero-order valence-corrected chi connectivity index (χ0v) is 14.2. The van der Waals surface area contributed by atoms with E-state index in [0.717, 1.165) is 17.7 Å². The van der Waals surface area contributed by atoms with Gasteiger partial charge in [-0.05, 0) is 36.1 Å². The molecule has 0 aliphatic carbocycles. The second-order valence-corrected chi connectivity index (χ2v) is 6.44. The van der Waals surface area contributed by atoms with Crippen LogP contribution in [0.3, 0.4) is 0 Å². The average molecular weight is 363 g/mol. The Bertz CT molecular complexity index is 753. The summed E-state index contributed by atoms with van der Waals surface area (Å²) in [6.45, 7) is 1.01. The van der Waals surface area contributed by atoms with Gasteiger partial charge in [-0.25, -0.2) is 0 Å². The van der Waals surface area contributed by atoms with Crippen LogP contribution < -0.4 is 5.32 Å². The number of carbonyl (C=O) groups is 1. The number of carbonyl (C=O) groups excluding carboxylic acids is 1. The predicted molar refractivity (Wildman–Crippen MR) is 91.5 cm³/mol. The van der Waals surface area contributed by atoms with Gasteiger partial charge in [0.05, 0.1) is 11.0 Å². The number of hydrogen-bond acceptors (Lipinski definition) is 2. The summed E-state index contributed by atoms with van der Waals surface area (Å²) in [5.74, 6) is -0.176. The first-order valence-electron chi connectivity index (χ1n) is 8.49. The van der Waals surface area contributed by atoms with Gasteiger partial charge in [0, 0.05) is 19.8 Å². The van der Waals surface area contributed by atoms with Crippen LogP contribution in [0.25, 0.3) is 0 Å². The Morgan fingerprint density at radius 1 is 1.04 bits per heavy atom. The van der Waals surface area contributed by atoms with Gasteiger partial charge in [0.25, 0.3) is 0 Å². The van der Waals surface area contributed by atoms with Crippen LogP contribution in [-0.2, 0) is 27.7 Å². The lowest BCUT2D eigenvalue weighted by molar-refractivity contribution is -0.137. The fraction of sp³-hybridized carbons (Fsp3) is 0.350. The molecule has 0 unspecified atom stereocenters. The van der Waals surface area contributed by atoms with Crippen molar-refractivity contribution in [1.29, 1.82) is 0 Å². The molecule has 1 saturated heterocycles. The van der Waals surface area contributed by atoms with Gasteiger partial charge in [-0.2, -0.15) is 13.2 Å². The van der Waals surface area contributed by atoms with E-state index in [1.54, 1.807) is 6.07 Å². The molecule has 3 nitrogen and oxygen atoms in total. The lowest BCUT2D eigenvalue weighted by Gasteiger charge is -2.36. The van der Waals surface area contributed by atoms with Crippen molar-refractivity contribution >= 4 is 5.91 Å². The number of hydrogen-bond donors (Lipinski definition) is 1. The highest BCUT2D eigenvalue weighted by molar-refractivity contribution is 5.88. The molecular weight excluding hydrogens is 343 g/mol. The average Bonchev–Trinajstić information content (AvgIpc) is 2.67. The summed E-state index contributed by atoms with van der Waals surface area (Å²) in [6, 6.07) is 14.5. The van der Waals surface area contributed by atoms with Crippen molar-refractivity contribution in [2.24, 2.45) is 0 Å². The molecule has 0 atom stereocenters. The highest BCUT2D eigenvalue weighted by Crippen LogP contribution is 2.35. The van der Waals surface area contributed by atoms with Gasteiger partial charge in [-0.1, -0.05) is 42.5 Å². The van der Waals surface area contributed by atoms with Crippen molar-refractivity contribution in [3.8, 4) is 0 Å². The number of benzene rings is 2. The Kier molecular flexibility index (Phi) is 5.32. The van der Waals surface area contributed by atoms with Crippen LogP contribution in [0.1, 0.15) is 29.5 Å². The highest BCUT2D eigenvalue weighted by Gasteiger charge is 2.41. The fourth-order valence-electron chi connectivity index (χ4n) is 3.33. The van der Waals surface area contributed by atoms with Crippen LogP contribution in [0.5, 0.6) is 0 Å². The van der Waals surface area contributed by atoms with E-state index in [9.17, 15) is 18.0 Å². The van der Waals surface area contributed by atoms with Crippen LogP contribution >= 0.6 is 0 Å². The number of halogens is 3. The molecule has 1 aliphatic heterocycles. The molecular formula is C20H20F3NO2. The van der Waals surface area contributed by atoms with Gasteiger partial charge in [0.2, 0.25) is 5.91 Å². The van der Waals surface area contributed by atoms with E-state index < -0.39 is 17.2 Å². The van der Waals surface area contributed by atoms with Crippen molar-refractivity contribution in [1.82, 2.24) is 5.32 Å². The summed E-state index contributed by atoms with van der Waals surface area (Å²) in [5, 5.41) is 2.82. The van der Waals surface area contributed by atoms with Crippen LogP contribution in [0.4, 0.5) is 13.2 Å². The number of amides is 1. The van der Waals surface area contributed by atoms with Crippen LogP contribution in [0.2, 0.25) is 0 Å². The molecule has 2 aromatic carbocycles. The maximum absolute atomic E-state index is 13.0. The third-order valence-electron chi connectivity index (χ3n) is 4.81. The Hall–Kier alpha value is -2.34. The number of ether oxygens (including phenoxy) is 1. The van der Waals surface area contributed by atoms with Gasteiger partial charge in [0.1, 0.15) is 0 Å². The van der Waals surface area contributed by atoms with E-state index in [-0.39, 0.29) is 12.5 Å². The summed E-state index contributed by atoms with van der Waals surface area (Å²) in [7, 11) is 0. The molecule has 3 rings (SSSR count). The predicted octanol–water partition coefficient (Wildman–Crippen LogP) is 4.07. The first kappa shape index (κ1) is 18.5. The lowest BCUT2D eigenvalue weighted by atomic mass is 9.73. The second-order valence-electron chi connectivity index (χ2n) is 6.44. The van der Waals surface area contributed by atoms with E-state index in [0.29, 0.717) is 31.6 Å². The molecule has 1 N–H and O–H groups in total. The minimum atomic E-state index is -4.40. The standard InChI is InChI=1S/C20H20F3NO2/c21-20(22,23)17-8-4-5-15(13-17)14-24-18(25)19(9-11-26-12-10-19)16-6-2-1-3-7-16/h1-8,13H,9-12,14H2,(H,24,25). The molecule has 26 heavy (non-hydrogen) atoms. The highest BCUT2D eigenvalue weighted by atomic mass is 19.4. The Balaban J connectivity index is 1.77. The summed E-state index contributed by atoms with van der Waals surface area (Å²) in [5.41, 5.74) is -0.0948. The molecule has 1 aliphatic rings. The first-order chi connectivity index (χ1) is 12.4. The SMILES string of the molecule is O=C(NCc1cccc(C(F)(F)F)c1)C1(c2ccccc2)CCOCC1. The summed E-state index contributed by atoms with van der Waals surface area (Å²) < 4.78 is 43.9. The topological polar surface area (TPSA) is 38.3 Å². The fourth-order valence-corrected chi connectivity index (χ4v) is 3.33. The molecule has 1 amide bonds. The number of nitrogens with one attached hydrogen (secondary N) is 1. The first-order valence-corrected chi connectivity index (χ1v) is 8.49. The third-order valence-corrected chi connectivity index (χ3v) is 4.81. The maximum atomic E-state index is 13.0. The quantitative estimate of drug-likeness (QED) is 0.889. The van der Waals surface area contributed by atoms with Gasteiger partial charge >= 0.3 is 6.18 Å². The van der Waals surface area contributed by atoms with Crippen molar-refractivity contribution in [3.63, 3.8) is 0 Å². The summed E-state index contributed by atoms with van der Waals surface area (Å²) >= 11 is 0. The molecule has 0 bridgehead atoms. The molecule has 2 aromatic rings. The molecule has 0 aromatic heterocycles. The number of rotatable bonds is 4.